The zero-order valence-corrected chi connectivity index (χ0v) is 17.1. The molecule has 0 spiro atoms. The summed E-state index contributed by atoms with van der Waals surface area (Å²) in [7, 11) is 1.88. The summed E-state index contributed by atoms with van der Waals surface area (Å²) in [5.41, 5.74) is 0. The molecule has 0 atom stereocenters. The Balaban J connectivity index is 1.67. The molecular formula is C17H25BrN6S. The van der Waals surface area contributed by atoms with Crippen molar-refractivity contribution in [3.8, 4) is 0 Å². The molecule has 2 aromatic rings. The van der Waals surface area contributed by atoms with Crippen LogP contribution in [0.2, 0.25) is 0 Å². The normalized spacial score (nSPS) is 11.6. The number of guanidine groups is 1. The molecule has 1 aromatic heterocycles. The second kappa shape index (κ2) is 11.1. The molecule has 2 N–H and O–H groups in total. The SMILES string of the molecule is CCNC(=NCc1ncnn1C)NCCCCSc1ccccc1Br. The van der Waals surface area contributed by atoms with Crippen LogP contribution in [0.25, 0.3) is 0 Å². The van der Waals surface area contributed by atoms with Gasteiger partial charge in [-0.15, -0.1) is 11.8 Å². The average molecular weight is 425 g/mol. The summed E-state index contributed by atoms with van der Waals surface area (Å²) in [6.45, 7) is 4.32. The van der Waals surface area contributed by atoms with Crippen LogP contribution < -0.4 is 10.6 Å². The lowest BCUT2D eigenvalue weighted by Gasteiger charge is -2.11. The summed E-state index contributed by atoms with van der Waals surface area (Å²) in [4.78, 5) is 10.0. The lowest BCUT2D eigenvalue weighted by atomic mass is 10.3. The third-order valence-electron chi connectivity index (χ3n) is 3.49. The Kier molecular flexibility index (Phi) is 8.82. The third kappa shape index (κ3) is 7.07. The summed E-state index contributed by atoms with van der Waals surface area (Å²) < 4.78 is 2.91. The summed E-state index contributed by atoms with van der Waals surface area (Å²) >= 11 is 5.47. The van der Waals surface area contributed by atoms with Crippen molar-refractivity contribution in [3.63, 3.8) is 0 Å². The van der Waals surface area contributed by atoms with Gasteiger partial charge in [-0.3, -0.25) is 4.68 Å². The van der Waals surface area contributed by atoms with Gasteiger partial charge in [0, 0.05) is 29.5 Å². The topological polar surface area (TPSA) is 67.1 Å². The maximum absolute atomic E-state index is 4.55. The smallest absolute Gasteiger partial charge is 0.191 e. The van der Waals surface area contributed by atoms with E-state index in [1.165, 1.54) is 9.37 Å². The number of unbranched alkanes of at least 4 members (excludes halogenated alkanes) is 1. The van der Waals surface area contributed by atoms with Crippen LogP contribution in [0.5, 0.6) is 0 Å². The van der Waals surface area contributed by atoms with Crippen molar-refractivity contribution in [2.24, 2.45) is 12.0 Å². The van der Waals surface area contributed by atoms with Crippen molar-refractivity contribution >= 4 is 33.7 Å². The van der Waals surface area contributed by atoms with E-state index in [4.69, 9.17) is 0 Å². The van der Waals surface area contributed by atoms with E-state index in [0.717, 1.165) is 43.5 Å². The van der Waals surface area contributed by atoms with E-state index < -0.39 is 0 Å². The van der Waals surface area contributed by atoms with Crippen molar-refractivity contribution in [3.05, 3.63) is 40.9 Å². The Bertz CT molecular complexity index is 673. The lowest BCUT2D eigenvalue weighted by Crippen LogP contribution is -2.37. The number of hydrogen-bond acceptors (Lipinski definition) is 4. The van der Waals surface area contributed by atoms with Gasteiger partial charge in [0.05, 0.1) is 0 Å². The number of nitrogens with one attached hydrogen (secondary N) is 2. The molecule has 0 amide bonds. The summed E-state index contributed by atoms with van der Waals surface area (Å²) in [6, 6.07) is 8.35. The number of rotatable bonds is 9. The fraction of sp³-hybridized carbons (Fsp3) is 0.471. The van der Waals surface area contributed by atoms with E-state index in [-0.39, 0.29) is 0 Å². The van der Waals surface area contributed by atoms with Crippen LogP contribution in [0.15, 0.2) is 45.0 Å². The van der Waals surface area contributed by atoms with Crippen LogP contribution in [0, 0.1) is 0 Å². The van der Waals surface area contributed by atoms with Gasteiger partial charge < -0.3 is 10.6 Å². The molecule has 6 nitrogen and oxygen atoms in total. The average Bonchev–Trinajstić information content (AvgIpc) is 3.02. The van der Waals surface area contributed by atoms with Gasteiger partial charge in [0.25, 0.3) is 0 Å². The monoisotopic (exact) mass is 424 g/mol. The number of aromatic nitrogens is 3. The number of nitrogens with zero attached hydrogens (tertiary/aromatic N) is 4. The minimum Gasteiger partial charge on any atom is -0.357 e. The van der Waals surface area contributed by atoms with Crippen LogP contribution in [-0.4, -0.2) is 39.6 Å². The molecule has 0 saturated carbocycles. The van der Waals surface area contributed by atoms with E-state index >= 15 is 0 Å². The predicted octanol–water partition coefficient (Wildman–Crippen LogP) is 3.21. The molecule has 2 rings (SSSR count). The quantitative estimate of drug-likeness (QED) is 0.280. The summed E-state index contributed by atoms with van der Waals surface area (Å²) in [5, 5.41) is 10.7. The highest BCUT2D eigenvalue weighted by atomic mass is 79.9. The standard InChI is InChI=1S/C17H25BrN6S/c1-3-19-17(21-12-16-22-13-23-24(16)2)20-10-6-7-11-25-15-9-5-4-8-14(15)18/h4-5,8-9,13H,3,6-7,10-12H2,1-2H3,(H2,19,20,21). The van der Waals surface area contributed by atoms with Crippen LogP contribution in [0.3, 0.4) is 0 Å². The molecule has 0 radical (unpaired) electrons. The second-order valence-electron chi connectivity index (χ2n) is 5.41. The van der Waals surface area contributed by atoms with E-state index in [1.54, 1.807) is 11.0 Å². The van der Waals surface area contributed by atoms with Crippen molar-refractivity contribution in [1.29, 1.82) is 0 Å². The molecular weight excluding hydrogens is 400 g/mol. The maximum atomic E-state index is 4.55. The third-order valence-corrected chi connectivity index (χ3v) is 5.60. The Morgan fingerprint density at radius 1 is 1.28 bits per heavy atom. The molecule has 1 aromatic carbocycles. The molecule has 0 bridgehead atoms. The molecule has 8 heteroatoms. The van der Waals surface area contributed by atoms with Gasteiger partial charge in [-0.2, -0.15) is 5.10 Å². The zero-order chi connectivity index (χ0) is 17.9. The fourth-order valence-corrected chi connectivity index (χ4v) is 3.71. The first-order valence-corrected chi connectivity index (χ1v) is 10.2. The molecule has 25 heavy (non-hydrogen) atoms. The Morgan fingerprint density at radius 2 is 2.12 bits per heavy atom. The summed E-state index contributed by atoms with van der Waals surface area (Å²) in [5.74, 6) is 2.78. The minimum atomic E-state index is 0.518. The predicted molar refractivity (Wildman–Crippen MR) is 108 cm³/mol. The highest BCUT2D eigenvalue weighted by Crippen LogP contribution is 2.27. The fourth-order valence-electron chi connectivity index (χ4n) is 2.13. The maximum Gasteiger partial charge on any atom is 0.191 e. The van der Waals surface area contributed by atoms with Crippen LogP contribution >= 0.6 is 27.7 Å². The number of benzene rings is 1. The van der Waals surface area contributed by atoms with Crippen LogP contribution in [0.4, 0.5) is 0 Å². The first-order chi connectivity index (χ1) is 12.2. The molecule has 0 fully saturated rings. The van der Waals surface area contributed by atoms with Gasteiger partial charge >= 0.3 is 0 Å². The Labute approximate surface area is 162 Å². The van der Waals surface area contributed by atoms with Crippen molar-refractivity contribution in [2.45, 2.75) is 31.2 Å². The van der Waals surface area contributed by atoms with Gasteiger partial charge in [0.1, 0.15) is 18.7 Å². The van der Waals surface area contributed by atoms with Gasteiger partial charge in [0.2, 0.25) is 0 Å². The molecule has 0 aliphatic rings. The Hall–Kier alpha value is -1.54. The van der Waals surface area contributed by atoms with E-state index in [2.05, 4.69) is 66.8 Å². The number of thioether (sulfide) groups is 1. The summed E-state index contributed by atoms with van der Waals surface area (Å²) in [6.07, 6.45) is 3.81. The number of halogens is 1. The number of aliphatic imine (C=N–C) groups is 1. The van der Waals surface area contributed by atoms with Gasteiger partial charge in [-0.05, 0) is 53.6 Å². The van der Waals surface area contributed by atoms with Crippen LogP contribution in [0.1, 0.15) is 25.6 Å². The number of aryl methyl sites for hydroxylation is 1. The van der Waals surface area contributed by atoms with E-state index in [9.17, 15) is 0 Å². The molecule has 0 aliphatic heterocycles. The molecule has 0 aliphatic carbocycles. The highest BCUT2D eigenvalue weighted by Gasteiger charge is 2.02. The van der Waals surface area contributed by atoms with Crippen molar-refractivity contribution in [2.75, 3.05) is 18.8 Å². The molecule has 136 valence electrons. The zero-order valence-electron chi connectivity index (χ0n) is 14.7. The van der Waals surface area contributed by atoms with Crippen molar-refractivity contribution in [1.82, 2.24) is 25.4 Å². The van der Waals surface area contributed by atoms with E-state index in [0.29, 0.717) is 6.54 Å². The van der Waals surface area contributed by atoms with Crippen LogP contribution in [-0.2, 0) is 13.6 Å². The molecule has 1 heterocycles. The Morgan fingerprint density at radius 3 is 2.84 bits per heavy atom. The molecule has 0 unspecified atom stereocenters. The minimum absolute atomic E-state index is 0.518. The van der Waals surface area contributed by atoms with Crippen molar-refractivity contribution < 1.29 is 0 Å². The van der Waals surface area contributed by atoms with Gasteiger partial charge in [-0.25, -0.2) is 9.98 Å². The van der Waals surface area contributed by atoms with E-state index in [1.807, 2.05) is 24.9 Å². The second-order valence-corrected chi connectivity index (χ2v) is 7.40. The largest absolute Gasteiger partial charge is 0.357 e. The van der Waals surface area contributed by atoms with Gasteiger partial charge in [0.15, 0.2) is 5.96 Å². The van der Waals surface area contributed by atoms with Gasteiger partial charge in [-0.1, -0.05) is 12.1 Å². The first kappa shape index (κ1) is 19.8. The first-order valence-electron chi connectivity index (χ1n) is 8.43. The number of hydrogen-bond donors (Lipinski definition) is 2. The molecule has 0 saturated heterocycles. The highest BCUT2D eigenvalue weighted by molar-refractivity contribution is 9.10. The lowest BCUT2D eigenvalue weighted by molar-refractivity contribution is 0.693.